The first-order valence-corrected chi connectivity index (χ1v) is 9.08. The van der Waals surface area contributed by atoms with E-state index in [0.717, 1.165) is 11.1 Å². The molecule has 3 amide bonds. The minimum atomic E-state index is -1.20. The van der Waals surface area contributed by atoms with Gasteiger partial charge in [-0.25, -0.2) is 4.90 Å². The lowest BCUT2D eigenvalue weighted by molar-refractivity contribution is -0.130. The molecule has 3 aliphatic rings. The van der Waals surface area contributed by atoms with Crippen molar-refractivity contribution in [1.29, 1.82) is 0 Å². The molecule has 0 saturated carbocycles. The number of aryl methyl sites for hydroxylation is 1. The largest absolute Gasteiger partial charge is 0.324 e. The lowest BCUT2D eigenvalue weighted by Gasteiger charge is -2.29. The first-order chi connectivity index (χ1) is 12.9. The second kappa shape index (κ2) is 5.27. The van der Waals surface area contributed by atoms with Crippen molar-refractivity contribution in [3.63, 3.8) is 0 Å². The van der Waals surface area contributed by atoms with E-state index in [9.17, 15) is 14.4 Å². The van der Waals surface area contributed by atoms with Crippen molar-refractivity contribution in [2.24, 2.45) is 11.8 Å². The lowest BCUT2D eigenvalue weighted by Crippen LogP contribution is -2.53. The molecule has 2 fully saturated rings. The molecule has 6 heteroatoms. The predicted molar refractivity (Wildman–Crippen MR) is 100.0 cm³/mol. The summed E-state index contributed by atoms with van der Waals surface area (Å²) in [5.41, 5.74) is 1.83. The number of hydrogen-bond acceptors (Lipinski definition) is 4. The van der Waals surface area contributed by atoms with Gasteiger partial charge in [0.2, 0.25) is 17.7 Å². The second-order valence-corrected chi connectivity index (χ2v) is 7.59. The lowest BCUT2D eigenvalue weighted by atomic mass is 9.76. The van der Waals surface area contributed by atoms with Crippen LogP contribution in [0.5, 0.6) is 0 Å². The number of imide groups is 1. The van der Waals surface area contributed by atoms with Gasteiger partial charge in [-0.1, -0.05) is 35.9 Å². The standard InChI is InChI=1S/C21H19N3O3/c1-11-7-9-13(10-8-11)24-18(25)16-12(2)23-21(17(16)19(24)26)14-5-3-4-6-15(14)22-20(21)27/h3-10,12,16-17,23H,1-2H3,(H,22,27)/t12-,16+,17-,21-/m1/s1. The van der Waals surface area contributed by atoms with Gasteiger partial charge in [0, 0.05) is 17.3 Å². The van der Waals surface area contributed by atoms with E-state index in [0.29, 0.717) is 11.4 Å². The molecule has 2 saturated heterocycles. The SMILES string of the molecule is Cc1ccc(N2C(=O)[C@H]3[C@@H](C)N[C@@]4(C(=O)Nc5ccccc54)[C@H]3C2=O)cc1. The van der Waals surface area contributed by atoms with E-state index in [1.54, 1.807) is 12.1 Å². The van der Waals surface area contributed by atoms with Crippen LogP contribution in [0.15, 0.2) is 48.5 Å². The van der Waals surface area contributed by atoms with Gasteiger partial charge in [-0.15, -0.1) is 0 Å². The molecular weight excluding hydrogens is 342 g/mol. The Hall–Kier alpha value is -2.99. The Kier molecular flexibility index (Phi) is 3.16. The van der Waals surface area contributed by atoms with Crippen LogP contribution in [0.25, 0.3) is 0 Å². The van der Waals surface area contributed by atoms with E-state index in [-0.39, 0.29) is 23.8 Å². The zero-order valence-corrected chi connectivity index (χ0v) is 15.0. The van der Waals surface area contributed by atoms with Crippen molar-refractivity contribution in [3.8, 4) is 0 Å². The first-order valence-electron chi connectivity index (χ1n) is 9.08. The van der Waals surface area contributed by atoms with Crippen molar-refractivity contribution in [2.45, 2.75) is 25.4 Å². The molecule has 0 aliphatic carbocycles. The molecule has 0 aromatic heterocycles. The van der Waals surface area contributed by atoms with Gasteiger partial charge in [-0.2, -0.15) is 0 Å². The number of hydrogen-bond donors (Lipinski definition) is 2. The monoisotopic (exact) mass is 361 g/mol. The molecule has 0 radical (unpaired) electrons. The summed E-state index contributed by atoms with van der Waals surface area (Å²) < 4.78 is 0. The first kappa shape index (κ1) is 16.2. The summed E-state index contributed by atoms with van der Waals surface area (Å²) in [6, 6.07) is 14.4. The number of nitrogens with one attached hydrogen (secondary N) is 2. The summed E-state index contributed by atoms with van der Waals surface area (Å²) >= 11 is 0. The number of amides is 3. The van der Waals surface area contributed by atoms with Crippen LogP contribution < -0.4 is 15.5 Å². The minimum absolute atomic E-state index is 0.247. The maximum Gasteiger partial charge on any atom is 0.250 e. The Labute approximate surface area is 156 Å². The van der Waals surface area contributed by atoms with Crippen LogP contribution in [0.3, 0.4) is 0 Å². The highest BCUT2D eigenvalue weighted by molar-refractivity contribution is 6.25. The van der Waals surface area contributed by atoms with Crippen molar-refractivity contribution in [3.05, 3.63) is 59.7 Å². The molecule has 4 atom stereocenters. The van der Waals surface area contributed by atoms with E-state index in [4.69, 9.17) is 0 Å². The molecule has 2 aromatic carbocycles. The zero-order chi connectivity index (χ0) is 18.9. The van der Waals surface area contributed by atoms with Crippen LogP contribution >= 0.6 is 0 Å². The van der Waals surface area contributed by atoms with Gasteiger partial charge in [-0.3, -0.25) is 19.7 Å². The Morgan fingerprint density at radius 3 is 2.41 bits per heavy atom. The Morgan fingerprint density at radius 2 is 1.67 bits per heavy atom. The summed E-state index contributed by atoms with van der Waals surface area (Å²) in [6.45, 7) is 3.82. The van der Waals surface area contributed by atoms with Crippen LogP contribution in [0.2, 0.25) is 0 Å². The smallest absolute Gasteiger partial charge is 0.250 e. The molecule has 3 heterocycles. The van der Waals surface area contributed by atoms with Crippen LogP contribution in [0.4, 0.5) is 11.4 Å². The van der Waals surface area contributed by atoms with Crippen molar-refractivity contribution in [1.82, 2.24) is 5.32 Å². The van der Waals surface area contributed by atoms with Crippen LogP contribution in [-0.2, 0) is 19.9 Å². The molecule has 5 rings (SSSR count). The zero-order valence-electron chi connectivity index (χ0n) is 15.0. The number of anilines is 2. The highest BCUT2D eigenvalue weighted by Gasteiger charge is 2.69. The van der Waals surface area contributed by atoms with Crippen molar-refractivity contribution < 1.29 is 14.4 Å². The van der Waals surface area contributed by atoms with Crippen LogP contribution in [0, 0.1) is 18.8 Å². The van der Waals surface area contributed by atoms with Gasteiger partial charge in [0.25, 0.3) is 0 Å². The second-order valence-electron chi connectivity index (χ2n) is 7.59. The quantitative estimate of drug-likeness (QED) is 0.761. The molecule has 27 heavy (non-hydrogen) atoms. The molecule has 2 N–H and O–H groups in total. The topological polar surface area (TPSA) is 78.5 Å². The van der Waals surface area contributed by atoms with Crippen LogP contribution in [-0.4, -0.2) is 23.8 Å². The molecule has 136 valence electrons. The average Bonchev–Trinajstić information content (AvgIpc) is 3.21. The van der Waals surface area contributed by atoms with Gasteiger partial charge in [-0.05, 0) is 32.0 Å². The van der Waals surface area contributed by atoms with E-state index in [1.807, 2.05) is 50.2 Å². The summed E-state index contributed by atoms with van der Waals surface area (Å²) in [4.78, 5) is 40.9. The molecular formula is C21H19N3O3. The summed E-state index contributed by atoms with van der Waals surface area (Å²) in [5, 5.41) is 6.18. The molecule has 2 aromatic rings. The molecule has 6 nitrogen and oxygen atoms in total. The predicted octanol–water partition coefficient (Wildman–Crippen LogP) is 1.94. The van der Waals surface area contributed by atoms with E-state index in [1.165, 1.54) is 4.90 Å². The Balaban J connectivity index is 1.66. The third-order valence-electron chi connectivity index (χ3n) is 6.06. The number of fused-ring (bicyclic) bond motifs is 4. The van der Waals surface area contributed by atoms with Gasteiger partial charge < -0.3 is 5.32 Å². The minimum Gasteiger partial charge on any atom is -0.324 e. The van der Waals surface area contributed by atoms with Crippen molar-refractivity contribution >= 4 is 29.1 Å². The fraction of sp³-hybridized carbons (Fsp3) is 0.286. The number of carbonyl (C=O) groups excluding carboxylic acids is 3. The van der Waals surface area contributed by atoms with Gasteiger partial charge >= 0.3 is 0 Å². The van der Waals surface area contributed by atoms with Crippen molar-refractivity contribution in [2.75, 3.05) is 10.2 Å². The highest BCUT2D eigenvalue weighted by atomic mass is 16.2. The Bertz CT molecular complexity index is 1000. The van der Waals surface area contributed by atoms with Gasteiger partial charge in [0.1, 0.15) is 5.54 Å². The molecule has 0 unspecified atom stereocenters. The van der Waals surface area contributed by atoms with Gasteiger partial charge in [0.05, 0.1) is 17.5 Å². The number of nitrogens with zero attached hydrogens (tertiary/aromatic N) is 1. The molecule has 0 bridgehead atoms. The summed E-state index contributed by atoms with van der Waals surface area (Å²) in [6.07, 6.45) is 0. The van der Waals surface area contributed by atoms with Crippen LogP contribution in [0.1, 0.15) is 18.1 Å². The van der Waals surface area contributed by atoms with E-state index in [2.05, 4.69) is 10.6 Å². The fourth-order valence-electron chi connectivity index (χ4n) is 4.87. The molecule has 1 spiro atoms. The maximum atomic E-state index is 13.4. The third kappa shape index (κ3) is 1.91. The molecule has 3 aliphatic heterocycles. The summed E-state index contributed by atoms with van der Waals surface area (Å²) in [7, 11) is 0. The third-order valence-corrected chi connectivity index (χ3v) is 6.06. The maximum absolute atomic E-state index is 13.4. The van der Waals surface area contributed by atoms with E-state index >= 15 is 0 Å². The number of para-hydroxylation sites is 1. The number of benzene rings is 2. The Morgan fingerprint density at radius 1 is 0.963 bits per heavy atom. The van der Waals surface area contributed by atoms with Gasteiger partial charge in [0.15, 0.2) is 0 Å². The summed E-state index contributed by atoms with van der Waals surface area (Å²) in [5.74, 6) is -2.17. The number of carbonyl (C=O) groups is 3. The number of rotatable bonds is 1. The normalized spacial score (nSPS) is 31.4. The van der Waals surface area contributed by atoms with E-state index < -0.39 is 17.4 Å². The average molecular weight is 361 g/mol. The highest BCUT2D eigenvalue weighted by Crippen LogP contribution is 2.53. The fourth-order valence-corrected chi connectivity index (χ4v) is 4.87.